The van der Waals surface area contributed by atoms with E-state index in [9.17, 15) is 4.79 Å². The van der Waals surface area contributed by atoms with Gasteiger partial charge in [-0.3, -0.25) is 9.69 Å². The van der Waals surface area contributed by atoms with E-state index in [0.29, 0.717) is 24.8 Å². The van der Waals surface area contributed by atoms with E-state index in [1.807, 2.05) is 65.6 Å². The van der Waals surface area contributed by atoms with Crippen LogP contribution in [0, 0.1) is 0 Å². The molecule has 1 aliphatic rings. The van der Waals surface area contributed by atoms with Crippen molar-refractivity contribution in [3.8, 4) is 11.4 Å². The monoisotopic (exact) mass is 463 g/mol. The zero-order chi connectivity index (χ0) is 20.2. The summed E-state index contributed by atoms with van der Waals surface area (Å²) in [4.78, 5) is 21.4. The number of amides is 1. The predicted molar refractivity (Wildman–Crippen MR) is 124 cm³/mol. The predicted octanol–water partition coefficient (Wildman–Crippen LogP) is 3.49. The maximum Gasteiger partial charge on any atom is 0.244 e. The Morgan fingerprint density at radius 1 is 0.968 bits per heavy atom. The number of piperazine rings is 1. The maximum absolute atomic E-state index is 12.7. The summed E-state index contributed by atoms with van der Waals surface area (Å²) in [5.74, 6) is 1.15. The lowest BCUT2D eigenvalue weighted by Gasteiger charge is -2.37. The molecule has 3 aromatic rings. The number of nitrogens with two attached hydrogens (primary N) is 1. The van der Waals surface area contributed by atoms with Crippen molar-refractivity contribution >= 4 is 30.7 Å². The third-order valence-electron chi connectivity index (χ3n) is 5.43. The molecule has 2 atom stereocenters. The first-order valence-corrected chi connectivity index (χ1v) is 9.86. The van der Waals surface area contributed by atoms with E-state index >= 15 is 0 Å². The first kappa shape index (κ1) is 24.8. The molecule has 1 saturated heterocycles. The molecule has 2 aromatic carbocycles. The Balaban J connectivity index is 0.00000171. The van der Waals surface area contributed by atoms with Gasteiger partial charge in [0.1, 0.15) is 6.04 Å². The van der Waals surface area contributed by atoms with Crippen molar-refractivity contribution in [2.45, 2.75) is 19.0 Å². The van der Waals surface area contributed by atoms with Gasteiger partial charge in [-0.05, 0) is 12.5 Å². The van der Waals surface area contributed by atoms with Crippen LogP contribution in [0.15, 0.2) is 65.2 Å². The van der Waals surface area contributed by atoms with Gasteiger partial charge in [0, 0.05) is 31.7 Å². The number of hydrogen-bond donors (Lipinski definition) is 1. The van der Waals surface area contributed by atoms with E-state index in [2.05, 4.69) is 22.0 Å². The Labute approximate surface area is 194 Å². The molecule has 0 radical (unpaired) electrons. The summed E-state index contributed by atoms with van der Waals surface area (Å²) < 4.78 is 5.50. The number of aromatic nitrogens is 2. The van der Waals surface area contributed by atoms with Gasteiger partial charge in [0.2, 0.25) is 17.6 Å². The Morgan fingerprint density at radius 2 is 1.55 bits per heavy atom. The average molecular weight is 464 g/mol. The van der Waals surface area contributed by atoms with Crippen LogP contribution in [0.4, 0.5) is 0 Å². The summed E-state index contributed by atoms with van der Waals surface area (Å²) in [6.45, 7) is 4.77. The molecule has 31 heavy (non-hydrogen) atoms. The number of carbonyl (C=O) groups excluding carboxylic acids is 1. The second-order valence-corrected chi connectivity index (χ2v) is 7.25. The lowest BCUT2D eigenvalue weighted by Crippen LogP contribution is -2.51. The van der Waals surface area contributed by atoms with E-state index in [1.165, 1.54) is 0 Å². The minimum absolute atomic E-state index is 0. The molecule has 0 saturated carbocycles. The number of halogens is 2. The number of rotatable bonds is 5. The summed E-state index contributed by atoms with van der Waals surface area (Å²) >= 11 is 0. The molecule has 166 valence electrons. The molecular formula is C22H27Cl2N5O2. The molecule has 7 nitrogen and oxygen atoms in total. The van der Waals surface area contributed by atoms with Crippen LogP contribution in [-0.2, 0) is 4.79 Å². The standard InChI is InChI=1S/C22H25N5O2.2ClH/c1-16(21-24-20(25-29-21)18-10-6-3-7-11-18)26-12-14-27(15-13-26)22(28)19(23)17-8-4-2-5-9-17;;/h2-11,16,19H,12-15,23H2,1H3;2*1H. The van der Waals surface area contributed by atoms with Crippen LogP contribution >= 0.6 is 24.8 Å². The fourth-order valence-corrected chi connectivity index (χ4v) is 3.59. The van der Waals surface area contributed by atoms with Gasteiger partial charge in [0.05, 0.1) is 6.04 Å². The molecule has 1 aromatic heterocycles. The molecule has 2 unspecified atom stereocenters. The smallest absolute Gasteiger partial charge is 0.244 e. The molecule has 1 aliphatic heterocycles. The Bertz CT molecular complexity index is 947. The van der Waals surface area contributed by atoms with Crippen molar-refractivity contribution in [2.24, 2.45) is 5.73 Å². The van der Waals surface area contributed by atoms with Crippen LogP contribution in [0.5, 0.6) is 0 Å². The normalized spacial score (nSPS) is 16.0. The quantitative estimate of drug-likeness (QED) is 0.622. The summed E-state index contributed by atoms with van der Waals surface area (Å²) in [5.41, 5.74) is 7.95. The van der Waals surface area contributed by atoms with Gasteiger partial charge >= 0.3 is 0 Å². The Kier molecular flexibility index (Phi) is 9.00. The summed E-state index contributed by atoms with van der Waals surface area (Å²) in [5, 5.41) is 4.11. The fraction of sp³-hybridized carbons (Fsp3) is 0.318. The van der Waals surface area contributed by atoms with Crippen LogP contribution in [-0.4, -0.2) is 52.0 Å². The van der Waals surface area contributed by atoms with E-state index < -0.39 is 6.04 Å². The first-order valence-electron chi connectivity index (χ1n) is 9.86. The summed E-state index contributed by atoms with van der Waals surface area (Å²) in [6.07, 6.45) is 0. The molecule has 2 N–H and O–H groups in total. The number of carbonyl (C=O) groups is 1. The van der Waals surface area contributed by atoms with E-state index in [-0.39, 0.29) is 36.8 Å². The van der Waals surface area contributed by atoms with Crippen molar-refractivity contribution in [3.05, 3.63) is 72.1 Å². The van der Waals surface area contributed by atoms with Gasteiger partial charge in [-0.2, -0.15) is 4.98 Å². The third-order valence-corrected chi connectivity index (χ3v) is 5.43. The van der Waals surface area contributed by atoms with Gasteiger partial charge in [0.15, 0.2) is 0 Å². The SMILES string of the molecule is CC(c1nc(-c2ccccc2)no1)N1CCN(C(=O)C(N)c2ccccc2)CC1.Cl.Cl. The molecule has 1 fully saturated rings. The number of nitrogens with zero attached hydrogens (tertiary/aromatic N) is 4. The highest BCUT2D eigenvalue weighted by molar-refractivity contribution is 5.85. The molecule has 1 amide bonds. The zero-order valence-electron chi connectivity index (χ0n) is 17.3. The van der Waals surface area contributed by atoms with Crippen LogP contribution in [0.1, 0.15) is 30.5 Å². The fourth-order valence-electron chi connectivity index (χ4n) is 3.59. The average Bonchev–Trinajstić information content (AvgIpc) is 3.29. The van der Waals surface area contributed by atoms with Crippen LogP contribution < -0.4 is 5.73 Å². The van der Waals surface area contributed by atoms with Crippen LogP contribution in [0.25, 0.3) is 11.4 Å². The second-order valence-electron chi connectivity index (χ2n) is 7.25. The lowest BCUT2D eigenvalue weighted by molar-refractivity contribution is -0.134. The molecule has 0 bridgehead atoms. The Hall–Kier alpha value is -2.45. The summed E-state index contributed by atoms with van der Waals surface area (Å²) in [6, 6.07) is 18.6. The minimum Gasteiger partial charge on any atom is -0.338 e. The van der Waals surface area contributed by atoms with Crippen LogP contribution in [0.2, 0.25) is 0 Å². The molecule has 4 rings (SSSR count). The number of hydrogen-bond acceptors (Lipinski definition) is 6. The van der Waals surface area contributed by atoms with Crippen molar-refractivity contribution in [2.75, 3.05) is 26.2 Å². The Morgan fingerprint density at radius 3 is 2.16 bits per heavy atom. The lowest BCUT2D eigenvalue weighted by atomic mass is 10.1. The molecule has 0 spiro atoms. The van der Waals surface area contributed by atoms with Gasteiger partial charge < -0.3 is 15.2 Å². The van der Waals surface area contributed by atoms with Gasteiger partial charge in [-0.25, -0.2) is 0 Å². The zero-order valence-corrected chi connectivity index (χ0v) is 18.9. The van der Waals surface area contributed by atoms with Crippen molar-refractivity contribution < 1.29 is 9.32 Å². The van der Waals surface area contributed by atoms with Gasteiger partial charge in [-0.15, -0.1) is 24.8 Å². The molecular weight excluding hydrogens is 437 g/mol. The first-order chi connectivity index (χ1) is 14.1. The highest BCUT2D eigenvalue weighted by atomic mass is 35.5. The number of benzene rings is 2. The van der Waals surface area contributed by atoms with Gasteiger partial charge in [-0.1, -0.05) is 65.8 Å². The highest BCUT2D eigenvalue weighted by Gasteiger charge is 2.30. The van der Waals surface area contributed by atoms with Crippen molar-refractivity contribution in [1.29, 1.82) is 0 Å². The maximum atomic E-state index is 12.7. The molecule has 0 aliphatic carbocycles. The van der Waals surface area contributed by atoms with Crippen LogP contribution in [0.3, 0.4) is 0 Å². The van der Waals surface area contributed by atoms with Crippen molar-refractivity contribution in [3.63, 3.8) is 0 Å². The second kappa shape index (κ2) is 11.2. The summed E-state index contributed by atoms with van der Waals surface area (Å²) in [7, 11) is 0. The molecule has 9 heteroatoms. The van der Waals surface area contributed by atoms with Gasteiger partial charge in [0.25, 0.3) is 0 Å². The highest BCUT2D eigenvalue weighted by Crippen LogP contribution is 2.24. The van der Waals surface area contributed by atoms with Crippen molar-refractivity contribution in [1.82, 2.24) is 19.9 Å². The van der Waals surface area contributed by atoms with E-state index in [4.69, 9.17) is 10.3 Å². The third kappa shape index (κ3) is 5.62. The topological polar surface area (TPSA) is 88.5 Å². The minimum atomic E-state index is -0.621. The largest absolute Gasteiger partial charge is 0.338 e. The molecule has 2 heterocycles. The van der Waals surface area contributed by atoms with E-state index in [0.717, 1.165) is 24.2 Å². The van der Waals surface area contributed by atoms with E-state index in [1.54, 1.807) is 0 Å².